The molecule has 2 saturated heterocycles. The van der Waals surface area contributed by atoms with Crippen LogP contribution in [-0.4, -0.2) is 60.7 Å². The summed E-state index contributed by atoms with van der Waals surface area (Å²) in [6.07, 6.45) is 5.64. The molecule has 19 heavy (non-hydrogen) atoms. The molecule has 1 N–H and O–H groups in total. The van der Waals surface area contributed by atoms with E-state index in [0.29, 0.717) is 18.7 Å². The molecule has 3 atom stereocenters. The highest BCUT2D eigenvalue weighted by atomic mass is 16.5. The first kappa shape index (κ1) is 15.2. The van der Waals surface area contributed by atoms with Gasteiger partial charge in [0.05, 0.1) is 18.8 Å². The maximum Gasteiger partial charge on any atom is 0.0900 e. The van der Waals surface area contributed by atoms with Gasteiger partial charge in [0.2, 0.25) is 0 Å². The van der Waals surface area contributed by atoms with Gasteiger partial charge in [0, 0.05) is 31.8 Å². The number of likely N-dealkylation sites (tertiary alicyclic amines) is 1. The Morgan fingerprint density at radius 3 is 2.42 bits per heavy atom. The molecule has 2 rings (SSSR count). The molecular formula is C15H29NO3. The summed E-state index contributed by atoms with van der Waals surface area (Å²) < 4.78 is 11.1. The SMILES string of the molecule is C[C@@H]1CCC[C@H](C)N1CC(O)COC1CCOCC1. The summed E-state index contributed by atoms with van der Waals surface area (Å²) in [6, 6.07) is 1.17. The zero-order chi connectivity index (χ0) is 13.7. The van der Waals surface area contributed by atoms with Crippen molar-refractivity contribution in [2.75, 3.05) is 26.4 Å². The minimum Gasteiger partial charge on any atom is -0.389 e. The van der Waals surface area contributed by atoms with Crippen molar-refractivity contribution in [3.63, 3.8) is 0 Å². The molecule has 0 bridgehead atoms. The van der Waals surface area contributed by atoms with Crippen molar-refractivity contribution >= 4 is 0 Å². The summed E-state index contributed by atoms with van der Waals surface area (Å²) in [5.41, 5.74) is 0. The summed E-state index contributed by atoms with van der Waals surface area (Å²) in [7, 11) is 0. The third kappa shape index (κ3) is 4.71. The van der Waals surface area contributed by atoms with Gasteiger partial charge in [-0.25, -0.2) is 0 Å². The van der Waals surface area contributed by atoms with Crippen molar-refractivity contribution in [2.45, 2.75) is 70.2 Å². The summed E-state index contributed by atoms with van der Waals surface area (Å²) >= 11 is 0. The molecule has 1 unspecified atom stereocenters. The molecule has 2 heterocycles. The van der Waals surface area contributed by atoms with Crippen LogP contribution in [0.15, 0.2) is 0 Å². The highest BCUT2D eigenvalue weighted by molar-refractivity contribution is 4.81. The quantitative estimate of drug-likeness (QED) is 0.828. The second kappa shape index (κ2) is 7.58. The van der Waals surface area contributed by atoms with Crippen LogP contribution in [0.3, 0.4) is 0 Å². The van der Waals surface area contributed by atoms with Crippen LogP contribution in [0.4, 0.5) is 0 Å². The Hall–Kier alpha value is -0.160. The Labute approximate surface area is 117 Å². The fraction of sp³-hybridized carbons (Fsp3) is 1.00. The van der Waals surface area contributed by atoms with E-state index in [0.717, 1.165) is 32.6 Å². The fourth-order valence-corrected chi connectivity index (χ4v) is 3.22. The summed E-state index contributed by atoms with van der Waals surface area (Å²) in [6.45, 7) is 7.32. The normalized spacial score (nSPS) is 32.4. The first-order valence-electron chi connectivity index (χ1n) is 7.80. The van der Waals surface area contributed by atoms with Crippen LogP contribution >= 0.6 is 0 Å². The van der Waals surface area contributed by atoms with E-state index in [2.05, 4.69) is 18.7 Å². The first-order valence-corrected chi connectivity index (χ1v) is 7.80. The van der Waals surface area contributed by atoms with Gasteiger partial charge in [-0.3, -0.25) is 4.90 Å². The van der Waals surface area contributed by atoms with Crippen molar-refractivity contribution in [2.24, 2.45) is 0 Å². The second-order valence-corrected chi connectivity index (χ2v) is 6.12. The number of ether oxygens (including phenoxy) is 2. The van der Waals surface area contributed by atoms with Gasteiger partial charge >= 0.3 is 0 Å². The maximum absolute atomic E-state index is 10.2. The van der Waals surface area contributed by atoms with Gasteiger partial charge in [-0.1, -0.05) is 6.42 Å². The highest BCUT2D eigenvalue weighted by Gasteiger charge is 2.26. The number of piperidine rings is 1. The van der Waals surface area contributed by atoms with Crippen molar-refractivity contribution in [3.8, 4) is 0 Å². The lowest BCUT2D eigenvalue weighted by molar-refractivity contribution is -0.0700. The summed E-state index contributed by atoms with van der Waals surface area (Å²) in [4.78, 5) is 2.43. The minimum atomic E-state index is -0.370. The fourth-order valence-electron chi connectivity index (χ4n) is 3.22. The van der Waals surface area contributed by atoms with Crippen LogP contribution in [0.1, 0.15) is 46.0 Å². The molecule has 0 aliphatic carbocycles. The average Bonchev–Trinajstić information content (AvgIpc) is 2.42. The van der Waals surface area contributed by atoms with Crippen LogP contribution in [0.5, 0.6) is 0 Å². The molecule has 0 saturated carbocycles. The van der Waals surface area contributed by atoms with Gasteiger partial charge < -0.3 is 14.6 Å². The molecule has 0 aromatic rings. The Balaban J connectivity index is 1.69. The molecule has 4 heteroatoms. The second-order valence-electron chi connectivity index (χ2n) is 6.12. The number of aliphatic hydroxyl groups excluding tert-OH is 1. The van der Waals surface area contributed by atoms with E-state index in [1.807, 2.05) is 0 Å². The van der Waals surface area contributed by atoms with Crippen LogP contribution in [-0.2, 0) is 9.47 Å². The maximum atomic E-state index is 10.2. The van der Waals surface area contributed by atoms with Crippen molar-refractivity contribution in [3.05, 3.63) is 0 Å². The Morgan fingerprint density at radius 2 is 1.79 bits per heavy atom. The van der Waals surface area contributed by atoms with E-state index in [4.69, 9.17) is 9.47 Å². The Kier molecular flexibility index (Phi) is 6.07. The van der Waals surface area contributed by atoms with Gasteiger partial charge in [-0.15, -0.1) is 0 Å². The lowest BCUT2D eigenvalue weighted by atomic mass is 9.97. The van der Waals surface area contributed by atoms with Crippen molar-refractivity contribution in [1.82, 2.24) is 4.90 Å². The van der Waals surface area contributed by atoms with Gasteiger partial charge in [0.15, 0.2) is 0 Å². The molecule has 0 radical (unpaired) electrons. The number of hydrogen-bond acceptors (Lipinski definition) is 4. The predicted octanol–water partition coefficient (Wildman–Crippen LogP) is 1.81. The molecule has 2 fully saturated rings. The molecule has 4 nitrogen and oxygen atoms in total. The molecular weight excluding hydrogens is 242 g/mol. The largest absolute Gasteiger partial charge is 0.389 e. The lowest BCUT2D eigenvalue weighted by Gasteiger charge is -2.40. The monoisotopic (exact) mass is 271 g/mol. The first-order chi connectivity index (χ1) is 9.16. The third-order valence-electron chi connectivity index (χ3n) is 4.49. The molecule has 2 aliphatic heterocycles. The van der Waals surface area contributed by atoms with Crippen LogP contribution in [0.2, 0.25) is 0 Å². The van der Waals surface area contributed by atoms with E-state index >= 15 is 0 Å². The van der Waals surface area contributed by atoms with E-state index in [9.17, 15) is 5.11 Å². The summed E-state index contributed by atoms with van der Waals surface area (Å²) in [5, 5.41) is 10.2. The molecule has 0 aromatic carbocycles. The van der Waals surface area contributed by atoms with Gasteiger partial charge in [0.25, 0.3) is 0 Å². The Morgan fingerprint density at radius 1 is 1.16 bits per heavy atom. The average molecular weight is 271 g/mol. The lowest BCUT2D eigenvalue weighted by Crippen LogP contribution is -2.48. The minimum absolute atomic E-state index is 0.277. The van der Waals surface area contributed by atoms with E-state index in [1.165, 1.54) is 19.3 Å². The van der Waals surface area contributed by atoms with Crippen LogP contribution < -0.4 is 0 Å². The van der Waals surface area contributed by atoms with E-state index in [1.54, 1.807) is 0 Å². The highest BCUT2D eigenvalue weighted by Crippen LogP contribution is 2.22. The van der Waals surface area contributed by atoms with Gasteiger partial charge in [-0.05, 0) is 39.5 Å². The van der Waals surface area contributed by atoms with Crippen molar-refractivity contribution in [1.29, 1.82) is 0 Å². The van der Waals surface area contributed by atoms with E-state index < -0.39 is 0 Å². The molecule has 0 aromatic heterocycles. The molecule has 0 amide bonds. The predicted molar refractivity (Wildman–Crippen MR) is 75.3 cm³/mol. The van der Waals surface area contributed by atoms with Gasteiger partial charge in [-0.2, -0.15) is 0 Å². The van der Waals surface area contributed by atoms with E-state index in [-0.39, 0.29) is 12.2 Å². The number of nitrogens with zero attached hydrogens (tertiary/aromatic N) is 1. The molecule has 112 valence electrons. The number of rotatable bonds is 5. The summed E-state index contributed by atoms with van der Waals surface area (Å²) in [5.74, 6) is 0. The zero-order valence-corrected chi connectivity index (χ0v) is 12.4. The Bertz CT molecular complexity index is 246. The number of β-amino-alcohol motifs (C(OH)–C–C–N with tert-alkyl or cyclic N) is 1. The number of hydrogen-bond donors (Lipinski definition) is 1. The molecule has 2 aliphatic rings. The topological polar surface area (TPSA) is 41.9 Å². The van der Waals surface area contributed by atoms with Crippen LogP contribution in [0.25, 0.3) is 0 Å². The zero-order valence-electron chi connectivity index (χ0n) is 12.4. The van der Waals surface area contributed by atoms with Crippen LogP contribution in [0, 0.1) is 0 Å². The number of aliphatic hydroxyl groups is 1. The standard InChI is InChI=1S/C15H29NO3/c1-12-4-3-5-13(2)16(12)10-14(17)11-19-15-6-8-18-9-7-15/h12-15,17H,3-11H2,1-2H3/t12-,13+,14?. The molecule has 0 spiro atoms. The smallest absolute Gasteiger partial charge is 0.0900 e. The van der Waals surface area contributed by atoms with Gasteiger partial charge in [0.1, 0.15) is 0 Å². The third-order valence-corrected chi connectivity index (χ3v) is 4.49. The van der Waals surface area contributed by atoms with Crippen molar-refractivity contribution < 1.29 is 14.6 Å².